The van der Waals surface area contributed by atoms with Crippen molar-refractivity contribution in [3.63, 3.8) is 0 Å². The van der Waals surface area contributed by atoms with Gasteiger partial charge in [0.05, 0.1) is 0 Å². The van der Waals surface area contributed by atoms with Crippen LogP contribution in [0.1, 0.15) is 37.5 Å². The molecule has 98 valence electrons. The first-order chi connectivity index (χ1) is 8.32. The van der Waals surface area contributed by atoms with Gasteiger partial charge in [-0.05, 0) is 48.3 Å². The molecule has 1 aromatic carbocycles. The molecule has 1 aromatic rings. The van der Waals surface area contributed by atoms with Gasteiger partial charge in [-0.1, -0.05) is 32.0 Å². The molecule has 0 amide bonds. The highest BCUT2D eigenvalue weighted by Gasteiger charge is 2.34. The van der Waals surface area contributed by atoms with Crippen LogP contribution in [0.3, 0.4) is 0 Å². The minimum atomic E-state index is -1.80. The molecule has 0 aliphatic heterocycles. The molecule has 0 unspecified atom stereocenters. The maximum atomic E-state index is 11.0. The van der Waals surface area contributed by atoms with E-state index in [1.165, 1.54) is 18.1 Å². The summed E-state index contributed by atoms with van der Waals surface area (Å²) in [4.78, 5) is 11.0. The summed E-state index contributed by atoms with van der Waals surface area (Å²) >= 11 is 0. The second-order valence-corrected chi connectivity index (χ2v) is 5.77. The summed E-state index contributed by atoms with van der Waals surface area (Å²) in [5.41, 5.74) is 1.15. The SMILES string of the molecule is CC(C)[C@@H]1Cc2ccc([C@@](C)(O)C(=O)O)cc2C1. The van der Waals surface area contributed by atoms with Gasteiger partial charge in [0.25, 0.3) is 0 Å². The predicted octanol–water partition coefficient (Wildman–Crippen LogP) is 2.35. The third-order valence-corrected chi connectivity index (χ3v) is 4.09. The van der Waals surface area contributed by atoms with Gasteiger partial charge in [-0.15, -0.1) is 0 Å². The first kappa shape index (κ1) is 13.1. The Hall–Kier alpha value is -1.35. The number of carboxylic acids is 1. The molecule has 2 N–H and O–H groups in total. The normalized spacial score (nSPS) is 21.7. The van der Waals surface area contributed by atoms with Crippen LogP contribution in [-0.4, -0.2) is 16.2 Å². The zero-order valence-corrected chi connectivity index (χ0v) is 11.1. The zero-order chi connectivity index (χ0) is 13.5. The van der Waals surface area contributed by atoms with Gasteiger partial charge in [0.1, 0.15) is 0 Å². The monoisotopic (exact) mass is 248 g/mol. The summed E-state index contributed by atoms with van der Waals surface area (Å²) in [6.07, 6.45) is 2.04. The molecule has 3 nitrogen and oxygen atoms in total. The number of rotatable bonds is 3. The summed E-state index contributed by atoms with van der Waals surface area (Å²) in [5.74, 6) is 0.0479. The van der Waals surface area contributed by atoms with Crippen molar-refractivity contribution in [1.29, 1.82) is 0 Å². The van der Waals surface area contributed by atoms with Gasteiger partial charge in [-0.3, -0.25) is 0 Å². The Labute approximate surface area is 107 Å². The fraction of sp³-hybridized carbons (Fsp3) is 0.533. The fourth-order valence-electron chi connectivity index (χ4n) is 2.55. The summed E-state index contributed by atoms with van der Waals surface area (Å²) in [6, 6.07) is 5.55. The van der Waals surface area contributed by atoms with E-state index in [9.17, 15) is 9.90 Å². The Kier molecular flexibility index (Phi) is 3.20. The van der Waals surface area contributed by atoms with Crippen LogP contribution < -0.4 is 0 Å². The van der Waals surface area contributed by atoms with E-state index in [4.69, 9.17) is 5.11 Å². The average Bonchev–Trinajstić information content (AvgIpc) is 2.71. The lowest BCUT2D eigenvalue weighted by Crippen LogP contribution is -2.31. The third-order valence-electron chi connectivity index (χ3n) is 4.09. The van der Waals surface area contributed by atoms with E-state index in [1.54, 1.807) is 6.07 Å². The Morgan fingerprint density at radius 3 is 2.50 bits per heavy atom. The van der Waals surface area contributed by atoms with Crippen molar-refractivity contribution >= 4 is 5.97 Å². The Balaban J connectivity index is 2.32. The van der Waals surface area contributed by atoms with Gasteiger partial charge in [-0.25, -0.2) is 4.79 Å². The van der Waals surface area contributed by atoms with Crippen molar-refractivity contribution in [2.75, 3.05) is 0 Å². The molecule has 0 fully saturated rings. The molecule has 0 heterocycles. The van der Waals surface area contributed by atoms with Gasteiger partial charge in [0, 0.05) is 0 Å². The summed E-state index contributed by atoms with van der Waals surface area (Å²) in [6.45, 7) is 5.75. The number of fused-ring (bicyclic) bond motifs is 1. The molecule has 0 bridgehead atoms. The minimum absolute atomic E-state index is 0.471. The van der Waals surface area contributed by atoms with Crippen LogP contribution in [0.2, 0.25) is 0 Å². The number of carboxylic acid groups (broad SMARTS) is 1. The summed E-state index contributed by atoms with van der Waals surface area (Å²) in [5, 5.41) is 19.0. The maximum absolute atomic E-state index is 11.0. The van der Waals surface area contributed by atoms with Crippen molar-refractivity contribution in [3.8, 4) is 0 Å². The van der Waals surface area contributed by atoms with Crippen molar-refractivity contribution in [2.45, 2.75) is 39.2 Å². The first-order valence-electron chi connectivity index (χ1n) is 6.40. The summed E-state index contributed by atoms with van der Waals surface area (Å²) < 4.78 is 0. The predicted molar refractivity (Wildman–Crippen MR) is 69.4 cm³/mol. The molecular weight excluding hydrogens is 228 g/mol. The average molecular weight is 248 g/mol. The number of aliphatic hydroxyl groups is 1. The molecule has 0 aromatic heterocycles. The van der Waals surface area contributed by atoms with E-state index in [1.807, 2.05) is 12.1 Å². The first-order valence-corrected chi connectivity index (χ1v) is 6.40. The molecule has 1 aliphatic rings. The fourth-order valence-corrected chi connectivity index (χ4v) is 2.55. The molecule has 18 heavy (non-hydrogen) atoms. The van der Waals surface area contributed by atoms with Gasteiger partial charge in [-0.2, -0.15) is 0 Å². The summed E-state index contributed by atoms with van der Waals surface area (Å²) in [7, 11) is 0. The van der Waals surface area contributed by atoms with Crippen molar-refractivity contribution < 1.29 is 15.0 Å². The molecule has 0 radical (unpaired) electrons. The van der Waals surface area contributed by atoms with Crippen molar-refractivity contribution in [2.24, 2.45) is 11.8 Å². The number of benzene rings is 1. The standard InChI is InChI=1S/C15H20O3/c1-9(2)11-6-10-4-5-13(8-12(10)7-11)15(3,18)14(16)17/h4-5,8-9,11,18H,6-7H2,1-3H3,(H,16,17)/t11-,15-/m1/s1. The van der Waals surface area contributed by atoms with E-state index in [2.05, 4.69) is 13.8 Å². The van der Waals surface area contributed by atoms with Crippen LogP contribution in [0, 0.1) is 11.8 Å². The van der Waals surface area contributed by atoms with Gasteiger partial charge in [0.15, 0.2) is 5.60 Å². The number of aliphatic carboxylic acids is 1. The lowest BCUT2D eigenvalue weighted by atomic mass is 9.92. The van der Waals surface area contributed by atoms with Crippen LogP contribution >= 0.6 is 0 Å². The Bertz CT molecular complexity index is 475. The van der Waals surface area contributed by atoms with Crippen LogP contribution in [0.4, 0.5) is 0 Å². The Morgan fingerprint density at radius 2 is 1.94 bits per heavy atom. The second-order valence-electron chi connectivity index (χ2n) is 5.77. The van der Waals surface area contributed by atoms with Crippen LogP contribution in [0.15, 0.2) is 18.2 Å². The van der Waals surface area contributed by atoms with Crippen LogP contribution in [0.25, 0.3) is 0 Å². The van der Waals surface area contributed by atoms with E-state index in [0.717, 1.165) is 12.8 Å². The zero-order valence-electron chi connectivity index (χ0n) is 11.1. The van der Waals surface area contributed by atoms with Crippen molar-refractivity contribution in [3.05, 3.63) is 34.9 Å². The molecule has 0 saturated carbocycles. The topological polar surface area (TPSA) is 57.5 Å². The van der Waals surface area contributed by atoms with Gasteiger partial charge < -0.3 is 10.2 Å². The van der Waals surface area contributed by atoms with Crippen LogP contribution in [0.5, 0.6) is 0 Å². The van der Waals surface area contributed by atoms with Crippen molar-refractivity contribution in [1.82, 2.24) is 0 Å². The van der Waals surface area contributed by atoms with E-state index in [0.29, 0.717) is 17.4 Å². The Morgan fingerprint density at radius 1 is 1.33 bits per heavy atom. The second kappa shape index (κ2) is 4.39. The highest BCUT2D eigenvalue weighted by atomic mass is 16.4. The highest BCUT2D eigenvalue weighted by Crippen LogP contribution is 2.34. The van der Waals surface area contributed by atoms with E-state index < -0.39 is 11.6 Å². The maximum Gasteiger partial charge on any atom is 0.340 e. The highest BCUT2D eigenvalue weighted by molar-refractivity contribution is 5.78. The molecule has 2 atom stereocenters. The third kappa shape index (κ3) is 2.15. The van der Waals surface area contributed by atoms with Gasteiger partial charge >= 0.3 is 5.97 Å². The van der Waals surface area contributed by atoms with E-state index >= 15 is 0 Å². The number of hydrogen-bond acceptors (Lipinski definition) is 2. The molecule has 0 saturated heterocycles. The largest absolute Gasteiger partial charge is 0.479 e. The lowest BCUT2D eigenvalue weighted by molar-refractivity contribution is -0.157. The number of carbonyl (C=O) groups is 1. The molecule has 1 aliphatic carbocycles. The van der Waals surface area contributed by atoms with E-state index in [-0.39, 0.29) is 0 Å². The molecular formula is C15H20O3. The number of hydrogen-bond donors (Lipinski definition) is 2. The smallest absolute Gasteiger partial charge is 0.340 e. The molecule has 3 heteroatoms. The quantitative estimate of drug-likeness (QED) is 0.863. The van der Waals surface area contributed by atoms with Gasteiger partial charge in [0.2, 0.25) is 0 Å². The van der Waals surface area contributed by atoms with Crippen LogP contribution in [-0.2, 0) is 23.2 Å². The molecule has 2 rings (SSSR count). The minimum Gasteiger partial charge on any atom is -0.479 e. The lowest BCUT2D eigenvalue weighted by Gasteiger charge is -2.19. The molecule has 0 spiro atoms.